The van der Waals surface area contributed by atoms with E-state index in [-0.39, 0.29) is 0 Å². The first-order valence-corrected chi connectivity index (χ1v) is 6.36. The Morgan fingerprint density at radius 2 is 1.57 bits per heavy atom. The van der Waals surface area contributed by atoms with Crippen molar-refractivity contribution in [1.29, 1.82) is 0 Å². The zero-order valence-corrected chi connectivity index (χ0v) is 10.7. The number of rotatable bonds is 5. The summed E-state index contributed by atoms with van der Waals surface area (Å²) in [5, 5.41) is 0. The van der Waals surface area contributed by atoms with E-state index < -0.39 is 0 Å². The molecule has 0 spiro atoms. The Morgan fingerprint density at radius 1 is 1.07 bits per heavy atom. The van der Waals surface area contributed by atoms with E-state index in [1.807, 2.05) is 0 Å². The van der Waals surface area contributed by atoms with Crippen molar-refractivity contribution in [3.63, 3.8) is 0 Å². The predicted octanol–water partition coefficient (Wildman–Crippen LogP) is 4.36. The second-order valence-electron chi connectivity index (χ2n) is 3.89. The highest BCUT2D eigenvalue weighted by atomic mass is 79.9. The highest BCUT2D eigenvalue weighted by molar-refractivity contribution is 9.09. The lowest BCUT2D eigenvalue weighted by Crippen LogP contribution is -1.94. The second-order valence-corrected chi connectivity index (χ2v) is 5.45. The molecule has 0 aliphatic heterocycles. The third-order valence-electron chi connectivity index (χ3n) is 2.39. The number of hydrogen-bond acceptors (Lipinski definition) is 0. The van der Waals surface area contributed by atoms with Gasteiger partial charge in [-0.25, -0.2) is 0 Å². The Balaban J connectivity index is 2.46. The molecule has 1 unspecified atom stereocenters. The zero-order valence-electron chi connectivity index (χ0n) is 9.09. The number of aryl methyl sites for hydroxylation is 2. The highest BCUT2D eigenvalue weighted by Gasteiger charge is 1.98. The van der Waals surface area contributed by atoms with Crippen LogP contribution in [0.4, 0.5) is 0 Å². The third kappa shape index (κ3) is 4.28. The van der Waals surface area contributed by atoms with Crippen molar-refractivity contribution in [2.45, 2.75) is 44.4 Å². The average molecular weight is 255 g/mol. The average Bonchev–Trinajstić information content (AvgIpc) is 2.17. The summed E-state index contributed by atoms with van der Waals surface area (Å²) in [6, 6.07) is 9.05. The van der Waals surface area contributed by atoms with Crippen molar-refractivity contribution in [1.82, 2.24) is 0 Å². The molecule has 1 rings (SSSR count). The Morgan fingerprint density at radius 3 is 2.00 bits per heavy atom. The zero-order chi connectivity index (χ0) is 10.4. The Kier molecular flexibility index (Phi) is 5.24. The van der Waals surface area contributed by atoms with Gasteiger partial charge in [0.15, 0.2) is 0 Å². The van der Waals surface area contributed by atoms with Gasteiger partial charge in [-0.2, -0.15) is 0 Å². The van der Waals surface area contributed by atoms with Crippen LogP contribution >= 0.6 is 15.9 Å². The normalized spacial score (nSPS) is 12.8. The lowest BCUT2D eigenvalue weighted by molar-refractivity contribution is 0.820. The monoisotopic (exact) mass is 254 g/mol. The van der Waals surface area contributed by atoms with E-state index in [2.05, 4.69) is 54.0 Å². The molecule has 0 nitrogen and oxygen atoms in total. The van der Waals surface area contributed by atoms with E-state index in [1.165, 1.54) is 36.8 Å². The van der Waals surface area contributed by atoms with E-state index in [1.54, 1.807) is 0 Å². The largest absolute Gasteiger partial charge is 0.0894 e. The molecular weight excluding hydrogens is 236 g/mol. The maximum Gasteiger partial charge on any atom is 0.0120 e. The SMILES string of the molecule is CCCc1ccc(CCC(C)Br)cc1. The van der Waals surface area contributed by atoms with Crippen molar-refractivity contribution in [2.24, 2.45) is 0 Å². The number of halogens is 1. The summed E-state index contributed by atoms with van der Waals surface area (Å²) in [6.07, 6.45) is 4.83. The fourth-order valence-corrected chi connectivity index (χ4v) is 1.76. The predicted molar refractivity (Wildman–Crippen MR) is 67.1 cm³/mol. The molecule has 0 N–H and O–H groups in total. The molecule has 0 aromatic heterocycles. The number of hydrogen-bond donors (Lipinski definition) is 0. The van der Waals surface area contributed by atoms with Crippen LogP contribution in [-0.2, 0) is 12.8 Å². The van der Waals surface area contributed by atoms with Crippen molar-refractivity contribution < 1.29 is 0 Å². The van der Waals surface area contributed by atoms with Gasteiger partial charge in [0.1, 0.15) is 0 Å². The van der Waals surface area contributed by atoms with Gasteiger partial charge in [0.05, 0.1) is 0 Å². The molecule has 1 aromatic carbocycles. The molecule has 1 aromatic rings. The van der Waals surface area contributed by atoms with Crippen molar-refractivity contribution in [3.05, 3.63) is 35.4 Å². The summed E-state index contributed by atoms with van der Waals surface area (Å²) in [4.78, 5) is 0.623. The first-order chi connectivity index (χ1) is 6.72. The van der Waals surface area contributed by atoms with Crippen molar-refractivity contribution >= 4 is 15.9 Å². The van der Waals surface area contributed by atoms with Crippen LogP contribution < -0.4 is 0 Å². The van der Waals surface area contributed by atoms with Crippen LogP contribution in [0.1, 0.15) is 37.8 Å². The Labute approximate surface area is 95.9 Å². The molecule has 0 amide bonds. The molecular formula is C13H19Br. The molecule has 0 radical (unpaired) electrons. The lowest BCUT2D eigenvalue weighted by Gasteiger charge is -2.04. The van der Waals surface area contributed by atoms with Crippen molar-refractivity contribution in [3.8, 4) is 0 Å². The Bertz CT molecular complexity index is 248. The smallest absolute Gasteiger partial charge is 0.0120 e. The van der Waals surface area contributed by atoms with Gasteiger partial charge in [-0.3, -0.25) is 0 Å². The van der Waals surface area contributed by atoms with Gasteiger partial charge in [-0.1, -0.05) is 60.5 Å². The first-order valence-electron chi connectivity index (χ1n) is 5.44. The third-order valence-corrected chi connectivity index (χ3v) is 2.85. The molecule has 0 bridgehead atoms. The van der Waals surface area contributed by atoms with Gasteiger partial charge in [0.2, 0.25) is 0 Å². The summed E-state index contributed by atoms with van der Waals surface area (Å²) in [5.41, 5.74) is 2.92. The van der Waals surface area contributed by atoms with Gasteiger partial charge in [0.25, 0.3) is 0 Å². The lowest BCUT2D eigenvalue weighted by atomic mass is 10.0. The first kappa shape index (κ1) is 11.8. The molecule has 0 saturated carbocycles. The van der Waals surface area contributed by atoms with E-state index in [0.717, 1.165) is 0 Å². The van der Waals surface area contributed by atoms with E-state index >= 15 is 0 Å². The summed E-state index contributed by atoms with van der Waals surface area (Å²) >= 11 is 3.57. The number of benzene rings is 1. The van der Waals surface area contributed by atoms with Crippen LogP contribution in [0.5, 0.6) is 0 Å². The fourth-order valence-electron chi connectivity index (χ4n) is 1.53. The van der Waals surface area contributed by atoms with Gasteiger partial charge >= 0.3 is 0 Å². The minimum absolute atomic E-state index is 0.623. The van der Waals surface area contributed by atoms with Gasteiger partial charge in [-0.05, 0) is 30.4 Å². The molecule has 0 heterocycles. The van der Waals surface area contributed by atoms with Crippen LogP contribution in [0.25, 0.3) is 0 Å². The minimum atomic E-state index is 0.623. The molecule has 0 aliphatic rings. The quantitative estimate of drug-likeness (QED) is 0.686. The van der Waals surface area contributed by atoms with Crippen LogP contribution in [0.2, 0.25) is 0 Å². The second kappa shape index (κ2) is 6.23. The Hall–Kier alpha value is -0.300. The molecule has 0 aliphatic carbocycles. The highest BCUT2D eigenvalue weighted by Crippen LogP contribution is 2.12. The molecule has 14 heavy (non-hydrogen) atoms. The maximum absolute atomic E-state index is 3.57. The van der Waals surface area contributed by atoms with Crippen LogP contribution in [0.15, 0.2) is 24.3 Å². The van der Waals surface area contributed by atoms with Crippen LogP contribution in [0.3, 0.4) is 0 Å². The molecule has 1 heteroatoms. The van der Waals surface area contributed by atoms with E-state index in [9.17, 15) is 0 Å². The van der Waals surface area contributed by atoms with E-state index in [4.69, 9.17) is 0 Å². The van der Waals surface area contributed by atoms with E-state index in [0.29, 0.717) is 4.83 Å². The molecule has 0 saturated heterocycles. The fraction of sp³-hybridized carbons (Fsp3) is 0.538. The standard InChI is InChI=1S/C13H19Br/c1-3-4-12-7-9-13(10-8-12)6-5-11(2)14/h7-11H,3-6H2,1-2H3. The van der Waals surface area contributed by atoms with Gasteiger partial charge < -0.3 is 0 Å². The van der Waals surface area contributed by atoms with Gasteiger partial charge in [-0.15, -0.1) is 0 Å². The topological polar surface area (TPSA) is 0 Å². The van der Waals surface area contributed by atoms with Crippen LogP contribution in [0, 0.1) is 0 Å². The molecule has 1 atom stereocenters. The summed E-state index contributed by atoms with van der Waals surface area (Å²) < 4.78 is 0. The molecule has 78 valence electrons. The van der Waals surface area contributed by atoms with Crippen LogP contribution in [-0.4, -0.2) is 4.83 Å². The number of alkyl halides is 1. The van der Waals surface area contributed by atoms with Crippen molar-refractivity contribution in [2.75, 3.05) is 0 Å². The summed E-state index contributed by atoms with van der Waals surface area (Å²) in [5.74, 6) is 0. The minimum Gasteiger partial charge on any atom is -0.0894 e. The maximum atomic E-state index is 3.57. The van der Waals surface area contributed by atoms with Gasteiger partial charge in [0, 0.05) is 4.83 Å². The summed E-state index contributed by atoms with van der Waals surface area (Å²) in [7, 11) is 0. The molecule has 0 fully saturated rings. The summed E-state index contributed by atoms with van der Waals surface area (Å²) in [6.45, 7) is 4.42.